The SMILES string of the molecule is COc1c(CNC2CC2C)c(C)nn1C. The Hall–Kier alpha value is -1.03. The van der Waals surface area contributed by atoms with E-state index in [2.05, 4.69) is 17.3 Å². The zero-order valence-electron chi connectivity index (χ0n) is 9.87. The summed E-state index contributed by atoms with van der Waals surface area (Å²) in [6.07, 6.45) is 1.29. The summed E-state index contributed by atoms with van der Waals surface area (Å²) in [7, 11) is 3.61. The highest BCUT2D eigenvalue weighted by atomic mass is 16.5. The number of nitrogens with zero attached hydrogens (tertiary/aromatic N) is 2. The second kappa shape index (κ2) is 3.85. The van der Waals surface area contributed by atoms with Gasteiger partial charge in [0.2, 0.25) is 5.88 Å². The molecule has 1 aromatic heterocycles. The first kappa shape index (κ1) is 10.5. The van der Waals surface area contributed by atoms with Crippen LogP contribution in [0.2, 0.25) is 0 Å². The first-order chi connectivity index (χ1) is 7.13. The van der Waals surface area contributed by atoms with Gasteiger partial charge in [-0.3, -0.25) is 0 Å². The molecule has 2 unspecified atom stereocenters. The Morgan fingerprint density at radius 2 is 2.27 bits per heavy atom. The minimum absolute atomic E-state index is 0.689. The van der Waals surface area contributed by atoms with E-state index in [0.29, 0.717) is 6.04 Å². The molecular weight excluding hydrogens is 190 g/mol. The third-order valence-corrected chi connectivity index (χ3v) is 3.13. The topological polar surface area (TPSA) is 39.1 Å². The maximum atomic E-state index is 5.34. The van der Waals surface area contributed by atoms with Crippen LogP contribution in [-0.4, -0.2) is 22.9 Å². The molecule has 1 heterocycles. The third-order valence-electron chi connectivity index (χ3n) is 3.13. The Kier molecular flexibility index (Phi) is 2.69. The van der Waals surface area contributed by atoms with Gasteiger partial charge in [0.25, 0.3) is 0 Å². The van der Waals surface area contributed by atoms with Crippen LogP contribution in [-0.2, 0) is 13.6 Å². The van der Waals surface area contributed by atoms with Gasteiger partial charge in [-0.05, 0) is 19.3 Å². The van der Waals surface area contributed by atoms with E-state index in [1.807, 2.05) is 14.0 Å². The first-order valence-electron chi connectivity index (χ1n) is 5.43. The summed E-state index contributed by atoms with van der Waals surface area (Å²) >= 11 is 0. The Balaban J connectivity index is 2.05. The summed E-state index contributed by atoms with van der Waals surface area (Å²) in [5.41, 5.74) is 2.23. The maximum Gasteiger partial charge on any atom is 0.216 e. The molecule has 4 heteroatoms. The fourth-order valence-corrected chi connectivity index (χ4v) is 1.98. The maximum absolute atomic E-state index is 5.34. The van der Waals surface area contributed by atoms with Crippen LogP contribution in [0.5, 0.6) is 5.88 Å². The van der Waals surface area contributed by atoms with Crippen LogP contribution in [0.4, 0.5) is 0 Å². The fraction of sp³-hybridized carbons (Fsp3) is 0.727. The van der Waals surface area contributed by atoms with E-state index in [1.165, 1.54) is 12.0 Å². The van der Waals surface area contributed by atoms with Crippen molar-refractivity contribution >= 4 is 0 Å². The van der Waals surface area contributed by atoms with Crippen LogP contribution in [0, 0.1) is 12.8 Å². The number of ether oxygens (including phenoxy) is 1. The molecule has 2 rings (SSSR count). The smallest absolute Gasteiger partial charge is 0.216 e. The number of hydrogen-bond acceptors (Lipinski definition) is 3. The van der Waals surface area contributed by atoms with Gasteiger partial charge in [0.05, 0.1) is 18.4 Å². The van der Waals surface area contributed by atoms with Gasteiger partial charge in [-0.2, -0.15) is 5.10 Å². The molecule has 1 saturated carbocycles. The number of methoxy groups -OCH3 is 1. The van der Waals surface area contributed by atoms with Crippen molar-refractivity contribution in [2.75, 3.05) is 7.11 Å². The van der Waals surface area contributed by atoms with E-state index in [4.69, 9.17) is 4.74 Å². The Morgan fingerprint density at radius 1 is 1.60 bits per heavy atom. The first-order valence-corrected chi connectivity index (χ1v) is 5.43. The highest BCUT2D eigenvalue weighted by Gasteiger charge is 2.32. The Bertz CT molecular complexity index is 359. The van der Waals surface area contributed by atoms with E-state index in [-0.39, 0.29) is 0 Å². The number of rotatable bonds is 4. The predicted octanol–water partition coefficient (Wildman–Crippen LogP) is 1.24. The number of hydrogen-bond donors (Lipinski definition) is 1. The van der Waals surface area contributed by atoms with Crippen molar-refractivity contribution < 1.29 is 4.74 Å². The van der Waals surface area contributed by atoms with Crippen molar-refractivity contribution in [2.45, 2.75) is 32.9 Å². The Morgan fingerprint density at radius 3 is 2.80 bits per heavy atom. The summed E-state index contributed by atoms with van der Waals surface area (Å²) in [6, 6.07) is 0.689. The molecule has 0 aliphatic heterocycles. The zero-order chi connectivity index (χ0) is 11.0. The number of aryl methyl sites for hydroxylation is 2. The molecule has 0 amide bonds. The molecule has 2 atom stereocenters. The van der Waals surface area contributed by atoms with E-state index in [1.54, 1.807) is 11.8 Å². The van der Waals surface area contributed by atoms with Gasteiger partial charge < -0.3 is 10.1 Å². The molecule has 0 spiro atoms. The molecule has 0 saturated heterocycles. The summed E-state index contributed by atoms with van der Waals surface area (Å²) in [5.74, 6) is 1.70. The average Bonchev–Trinajstić information content (AvgIpc) is 2.80. The second-order valence-electron chi connectivity index (χ2n) is 4.40. The van der Waals surface area contributed by atoms with Gasteiger partial charge >= 0.3 is 0 Å². The number of aromatic nitrogens is 2. The molecular formula is C11H19N3O. The van der Waals surface area contributed by atoms with Gasteiger partial charge in [-0.1, -0.05) is 6.92 Å². The van der Waals surface area contributed by atoms with Crippen LogP contribution < -0.4 is 10.1 Å². The highest BCUT2D eigenvalue weighted by Crippen LogP contribution is 2.30. The molecule has 0 aromatic carbocycles. The highest BCUT2D eigenvalue weighted by molar-refractivity contribution is 5.30. The van der Waals surface area contributed by atoms with Crippen molar-refractivity contribution in [2.24, 2.45) is 13.0 Å². The summed E-state index contributed by atoms with van der Waals surface area (Å²) < 4.78 is 7.13. The molecule has 1 aliphatic carbocycles. The lowest BCUT2D eigenvalue weighted by Crippen LogP contribution is -2.17. The summed E-state index contributed by atoms with van der Waals surface area (Å²) in [6.45, 7) is 5.15. The molecule has 1 N–H and O–H groups in total. The van der Waals surface area contributed by atoms with Gasteiger partial charge in [0.15, 0.2) is 0 Å². The van der Waals surface area contributed by atoms with Crippen molar-refractivity contribution in [1.29, 1.82) is 0 Å². The number of nitrogens with one attached hydrogen (secondary N) is 1. The summed E-state index contributed by atoms with van der Waals surface area (Å²) in [5, 5.41) is 7.87. The predicted molar refractivity (Wildman–Crippen MR) is 58.9 cm³/mol. The minimum atomic E-state index is 0.689. The van der Waals surface area contributed by atoms with Gasteiger partial charge in [0.1, 0.15) is 0 Å². The summed E-state index contributed by atoms with van der Waals surface area (Å²) in [4.78, 5) is 0. The lowest BCUT2D eigenvalue weighted by molar-refractivity contribution is 0.367. The fourth-order valence-electron chi connectivity index (χ4n) is 1.98. The molecule has 0 bridgehead atoms. The molecule has 1 aromatic rings. The van der Waals surface area contributed by atoms with Crippen LogP contribution in [0.1, 0.15) is 24.6 Å². The zero-order valence-corrected chi connectivity index (χ0v) is 9.87. The van der Waals surface area contributed by atoms with E-state index in [0.717, 1.165) is 24.0 Å². The van der Waals surface area contributed by atoms with Gasteiger partial charge in [-0.25, -0.2) is 4.68 Å². The van der Waals surface area contributed by atoms with E-state index in [9.17, 15) is 0 Å². The molecule has 1 aliphatic rings. The van der Waals surface area contributed by atoms with E-state index < -0.39 is 0 Å². The van der Waals surface area contributed by atoms with Crippen molar-refractivity contribution in [3.8, 4) is 5.88 Å². The quantitative estimate of drug-likeness (QED) is 0.810. The standard InChI is InChI=1S/C11H19N3O/c1-7-5-10(7)12-6-9-8(2)13-14(3)11(9)15-4/h7,10,12H,5-6H2,1-4H3. The van der Waals surface area contributed by atoms with Crippen LogP contribution in [0.25, 0.3) is 0 Å². The minimum Gasteiger partial charge on any atom is -0.481 e. The normalized spacial score (nSPS) is 24.3. The van der Waals surface area contributed by atoms with Crippen LogP contribution in [0.3, 0.4) is 0 Å². The lowest BCUT2D eigenvalue weighted by Gasteiger charge is -2.06. The Labute approximate surface area is 90.6 Å². The van der Waals surface area contributed by atoms with Crippen molar-refractivity contribution in [3.63, 3.8) is 0 Å². The third kappa shape index (κ3) is 2.00. The second-order valence-corrected chi connectivity index (χ2v) is 4.40. The van der Waals surface area contributed by atoms with Crippen molar-refractivity contribution in [1.82, 2.24) is 15.1 Å². The van der Waals surface area contributed by atoms with Gasteiger partial charge in [-0.15, -0.1) is 0 Å². The van der Waals surface area contributed by atoms with Crippen LogP contribution >= 0.6 is 0 Å². The van der Waals surface area contributed by atoms with Gasteiger partial charge in [0, 0.05) is 19.6 Å². The average molecular weight is 209 g/mol. The molecule has 15 heavy (non-hydrogen) atoms. The molecule has 84 valence electrons. The molecule has 1 fully saturated rings. The lowest BCUT2D eigenvalue weighted by atomic mass is 10.2. The monoisotopic (exact) mass is 209 g/mol. The largest absolute Gasteiger partial charge is 0.481 e. The van der Waals surface area contributed by atoms with E-state index >= 15 is 0 Å². The molecule has 4 nitrogen and oxygen atoms in total. The van der Waals surface area contributed by atoms with Crippen molar-refractivity contribution in [3.05, 3.63) is 11.3 Å². The molecule has 0 radical (unpaired) electrons. The van der Waals surface area contributed by atoms with Crippen LogP contribution in [0.15, 0.2) is 0 Å².